The van der Waals surface area contributed by atoms with Crippen LogP contribution >= 0.6 is 11.3 Å². The van der Waals surface area contributed by atoms with E-state index in [4.69, 9.17) is 4.74 Å². The molecule has 0 unspecified atom stereocenters. The number of esters is 1. The van der Waals surface area contributed by atoms with Gasteiger partial charge < -0.3 is 10.1 Å². The predicted molar refractivity (Wildman–Crippen MR) is 64.2 cm³/mol. The van der Waals surface area contributed by atoms with Crippen LogP contribution < -0.4 is 5.32 Å². The SMILES string of the molecule is CC(=O)OC(C)(C)C(=O)Nc1sccc1C=O. The van der Waals surface area contributed by atoms with E-state index in [0.29, 0.717) is 16.9 Å². The maximum absolute atomic E-state index is 11.8. The molecule has 0 aromatic carbocycles. The molecule has 0 aliphatic rings. The summed E-state index contributed by atoms with van der Waals surface area (Å²) in [4.78, 5) is 33.3. The molecule has 17 heavy (non-hydrogen) atoms. The van der Waals surface area contributed by atoms with Crippen molar-refractivity contribution in [1.82, 2.24) is 0 Å². The Kier molecular flexibility index (Phi) is 4.01. The van der Waals surface area contributed by atoms with E-state index >= 15 is 0 Å². The second-order valence-electron chi connectivity index (χ2n) is 3.88. The molecule has 0 atom stereocenters. The van der Waals surface area contributed by atoms with Crippen molar-refractivity contribution in [3.05, 3.63) is 17.0 Å². The lowest BCUT2D eigenvalue weighted by molar-refractivity contribution is -0.160. The fourth-order valence-electron chi connectivity index (χ4n) is 1.17. The minimum Gasteiger partial charge on any atom is -0.450 e. The van der Waals surface area contributed by atoms with Crippen LogP contribution in [0.3, 0.4) is 0 Å². The van der Waals surface area contributed by atoms with Gasteiger partial charge in [0.1, 0.15) is 5.00 Å². The number of carbonyl (C=O) groups excluding carboxylic acids is 3. The van der Waals surface area contributed by atoms with Gasteiger partial charge in [0.15, 0.2) is 11.9 Å². The first-order valence-electron chi connectivity index (χ1n) is 4.90. The molecule has 0 bridgehead atoms. The number of nitrogens with one attached hydrogen (secondary N) is 1. The Morgan fingerprint density at radius 3 is 2.65 bits per heavy atom. The average molecular weight is 255 g/mol. The van der Waals surface area contributed by atoms with Crippen molar-refractivity contribution in [1.29, 1.82) is 0 Å². The maximum atomic E-state index is 11.8. The molecular formula is C11H13NO4S. The van der Waals surface area contributed by atoms with E-state index in [9.17, 15) is 14.4 Å². The quantitative estimate of drug-likeness (QED) is 0.658. The molecule has 0 fully saturated rings. The van der Waals surface area contributed by atoms with Crippen LogP contribution in [0.2, 0.25) is 0 Å². The fraction of sp³-hybridized carbons (Fsp3) is 0.364. The summed E-state index contributed by atoms with van der Waals surface area (Å²) in [6, 6.07) is 1.60. The minimum absolute atomic E-state index is 0.405. The smallest absolute Gasteiger partial charge is 0.303 e. The van der Waals surface area contributed by atoms with Crippen LogP contribution in [0.5, 0.6) is 0 Å². The highest BCUT2D eigenvalue weighted by atomic mass is 32.1. The second kappa shape index (κ2) is 5.09. The monoisotopic (exact) mass is 255 g/mol. The molecule has 1 heterocycles. The van der Waals surface area contributed by atoms with Gasteiger partial charge in [-0.05, 0) is 25.3 Å². The number of hydrogen-bond donors (Lipinski definition) is 1. The standard InChI is InChI=1S/C11H13NO4S/c1-7(14)16-11(2,3)10(15)12-9-8(6-13)4-5-17-9/h4-6H,1-3H3,(H,12,15). The van der Waals surface area contributed by atoms with Crippen molar-refractivity contribution >= 4 is 34.5 Å². The number of ether oxygens (including phenoxy) is 1. The molecule has 0 saturated carbocycles. The van der Waals surface area contributed by atoms with Crippen molar-refractivity contribution in [2.75, 3.05) is 5.32 Å². The average Bonchev–Trinajstić information content (AvgIpc) is 2.63. The van der Waals surface area contributed by atoms with Crippen LogP contribution in [0.1, 0.15) is 31.1 Å². The Morgan fingerprint density at radius 2 is 2.12 bits per heavy atom. The Hall–Kier alpha value is -1.69. The third-order valence-electron chi connectivity index (χ3n) is 2.00. The molecule has 1 N–H and O–H groups in total. The first kappa shape index (κ1) is 13.4. The van der Waals surface area contributed by atoms with Crippen LogP contribution in [-0.2, 0) is 14.3 Å². The number of thiophene rings is 1. The van der Waals surface area contributed by atoms with Gasteiger partial charge in [0.2, 0.25) is 0 Å². The number of hydrogen-bond acceptors (Lipinski definition) is 5. The van der Waals surface area contributed by atoms with Gasteiger partial charge in [-0.15, -0.1) is 11.3 Å². The topological polar surface area (TPSA) is 72.5 Å². The summed E-state index contributed by atoms with van der Waals surface area (Å²) < 4.78 is 4.89. The zero-order valence-corrected chi connectivity index (χ0v) is 10.6. The first-order chi connectivity index (χ1) is 7.86. The van der Waals surface area contributed by atoms with Crippen LogP contribution in [0.4, 0.5) is 5.00 Å². The highest BCUT2D eigenvalue weighted by molar-refractivity contribution is 7.14. The second-order valence-corrected chi connectivity index (χ2v) is 4.80. The Morgan fingerprint density at radius 1 is 1.47 bits per heavy atom. The molecule has 0 saturated heterocycles. The zero-order valence-electron chi connectivity index (χ0n) is 9.77. The number of carbonyl (C=O) groups is 3. The summed E-state index contributed by atoms with van der Waals surface area (Å²) in [6.07, 6.45) is 0.658. The van der Waals surface area contributed by atoms with Gasteiger partial charge in [-0.1, -0.05) is 0 Å². The maximum Gasteiger partial charge on any atom is 0.303 e. The third-order valence-corrected chi connectivity index (χ3v) is 2.84. The molecule has 1 rings (SSSR count). The van der Waals surface area contributed by atoms with Gasteiger partial charge >= 0.3 is 5.97 Å². The van der Waals surface area contributed by atoms with E-state index in [-0.39, 0.29) is 0 Å². The van der Waals surface area contributed by atoms with E-state index in [0.717, 1.165) is 0 Å². The van der Waals surface area contributed by atoms with Crippen molar-refractivity contribution in [3.8, 4) is 0 Å². The van der Waals surface area contributed by atoms with Gasteiger partial charge in [-0.25, -0.2) is 0 Å². The van der Waals surface area contributed by atoms with Crippen molar-refractivity contribution in [3.63, 3.8) is 0 Å². The molecule has 0 radical (unpaired) electrons. The molecule has 1 aromatic rings. The number of rotatable bonds is 4. The Labute approximate surface area is 103 Å². The molecule has 1 aromatic heterocycles. The number of aldehydes is 1. The van der Waals surface area contributed by atoms with Crippen LogP contribution in [0.25, 0.3) is 0 Å². The van der Waals surface area contributed by atoms with Gasteiger partial charge in [-0.3, -0.25) is 14.4 Å². The van der Waals surface area contributed by atoms with Crippen molar-refractivity contribution in [2.24, 2.45) is 0 Å². The van der Waals surface area contributed by atoms with E-state index in [1.807, 2.05) is 0 Å². The Bertz CT molecular complexity index is 450. The van der Waals surface area contributed by atoms with Gasteiger partial charge in [0.05, 0.1) is 0 Å². The summed E-state index contributed by atoms with van der Waals surface area (Å²) in [5.41, 5.74) is -0.863. The van der Waals surface area contributed by atoms with Crippen LogP contribution in [-0.4, -0.2) is 23.8 Å². The molecule has 1 amide bonds. The first-order valence-corrected chi connectivity index (χ1v) is 5.78. The van der Waals surface area contributed by atoms with Gasteiger partial charge in [0.25, 0.3) is 5.91 Å². The molecule has 5 nitrogen and oxygen atoms in total. The lowest BCUT2D eigenvalue weighted by Crippen LogP contribution is -2.41. The largest absolute Gasteiger partial charge is 0.450 e. The summed E-state index contributed by atoms with van der Waals surface area (Å²) in [7, 11) is 0. The lowest BCUT2D eigenvalue weighted by atomic mass is 10.1. The normalized spacial score (nSPS) is 10.8. The molecule has 92 valence electrons. The summed E-state index contributed by atoms with van der Waals surface area (Å²) in [5, 5.41) is 4.70. The van der Waals surface area contributed by atoms with Crippen molar-refractivity contribution < 1.29 is 19.1 Å². The number of anilines is 1. The van der Waals surface area contributed by atoms with Crippen LogP contribution in [0.15, 0.2) is 11.4 Å². The summed E-state index contributed by atoms with van der Waals surface area (Å²) in [5.74, 6) is -1.01. The fourth-order valence-corrected chi connectivity index (χ4v) is 1.93. The molecule has 0 aliphatic heterocycles. The minimum atomic E-state index is -1.27. The molecule has 6 heteroatoms. The zero-order chi connectivity index (χ0) is 13.1. The summed E-state index contributed by atoms with van der Waals surface area (Å²) >= 11 is 1.23. The van der Waals surface area contributed by atoms with E-state index in [2.05, 4.69) is 5.32 Å². The summed E-state index contributed by atoms with van der Waals surface area (Å²) in [6.45, 7) is 4.20. The van der Waals surface area contributed by atoms with E-state index in [1.54, 1.807) is 11.4 Å². The number of amides is 1. The molecular weight excluding hydrogens is 242 g/mol. The Balaban J connectivity index is 2.78. The molecule has 0 spiro atoms. The highest BCUT2D eigenvalue weighted by Crippen LogP contribution is 2.23. The highest BCUT2D eigenvalue weighted by Gasteiger charge is 2.31. The van der Waals surface area contributed by atoms with E-state index in [1.165, 1.54) is 32.1 Å². The lowest BCUT2D eigenvalue weighted by Gasteiger charge is -2.22. The van der Waals surface area contributed by atoms with E-state index < -0.39 is 17.5 Å². The van der Waals surface area contributed by atoms with Crippen molar-refractivity contribution in [2.45, 2.75) is 26.4 Å². The predicted octanol–water partition coefficient (Wildman–Crippen LogP) is 1.84. The molecule has 0 aliphatic carbocycles. The van der Waals surface area contributed by atoms with Gasteiger partial charge in [-0.2, -0.15) is 0 Å². The van der Waals surface area contributed by atoms with Gasteiger partial charge in [0, 0.05) is 12.5 Å². The van der Waals surface area contributed by atoms with Crippen LogP contribution in [0, 0.1) is 0 Å². The third kappa shape index (κ3) is 3.39.